The summed E-state index contributed by atoms with van der Waals surface area (Å²) < 4.78 is 6.50. The van der Waals surface area contributed by atoms with Crippen molar-refractivity contribution in [2.24, 2.45) is 0 Å². The van der Waals surface area contributed by atoms with E-state index in [1.54, 1.807) is 0 Å². The third-order valence-electron chi connectivity index (χ3n) is 4.56. The van der Waals surface area contributed by atoms with E-state index in [-0.39, 0.29) is 11.7 Å². The normalized spacial score (nSPS) is 21.2. The lowest BCUT2D eigenvalue weighted by Crippen LogP contribution is -2.39. The van der Waals surface area contributed by atoms with Crippen LogP contribution in [0.2, 0.25) is 0 Å². The molecule has 0 bridgehead atoms. The minimum atomic E-state index is -0.119. The van der Waals surface area contributed by atoms with Crippen molar-refractivity contribution in [2.75, 3.05) is 0 Å². The van der Waals surface area contributed by atoms with Crippen molar-refractivity contribution in [3.8, 4) is 0 Å². The summed E-state index contributed by atoms with van der Waals surface area (Å²) in [6.07, 6.45) is 6.68. The third kappa shape index (κ3) is 3.98. The van der Waals surface area contributed by atoms with Gasteiger partial charge in [-0.25, -0.2) is 0 Å². The van der Waals surface area contributed by atoms with Gasteiger partial charge in [-0.3, -0.25) is 0 Å². The van der Waals surface area contributed by atoms with Gasteiger partial charge in [0.2, 0.25) is 0 Å². The molecular formula is C21H25O. The smallest absolute Gasteiger partial charge is 0.0766 e. The zero-order valence-corrected chi connectivity index (χ0v) is 13.2. The lowest BCUT2D eigenvalue weighted by atomic mass is 9.84. The van der Waals surface area contributed by atoms with Gasteiger partial charge in [0.05, 0.1) is 11.7 Å². The molecule has 3 rings (SSSR count). The molecule has 1 aliphatic heterocycles. The Morgan fingerprint density at radius 1 is 0.864 bits per heavy atom. The van der Waals surface area contributed by atoms with Gasteiger partial charge in [0.15, 0.2) is 0 Å². The predicted octanol–water partition coefficient (Wildman–Crippen LogP) is 5.00. The average molecular weight is 293 g/mol. The van der Waals surface area contributed by atoms with E-state index < -0.39 is 0 Å². The Morgan fingerprint density at radius 2 is 1.41 bits per heavy atom. The lowest BCUT2D eigenvalue weighted by Gasteiger charge is -2.35. The van der Waals surface area contributed by atoms with Gasteiger partial charge < -0.3 is 4.74 Å². The van der Waals surface area contributed by atoms with Gasteiger partial charge in [-0.05, 0) is 30.9 Å². The van der Waals surface area contributed by atoms with Crippen molar-refractivity contribution in [1.82, 2.24) is 0 Å². The van der Waals surface area contributed by atoms with Crippen molar-refractivity contribution < 1.29 is 4.74 Å². The van der Waals surface area contributed by atoms with E-state index in [1.807, 2.05) is 0 Å². The molecule has 115 valence electrons. The molecule has 1 heteroatoms. The molecule has 22 heavy (non-hydrogen) atoms. The summed E-state index contributed by atoms with van der Waals surface area (Å²) in [6.45, 7) is 4.21. The molecule has 1 nitrogen and oxygen atoms in total. The summed E-state index contributed by atoms with van der Waals surface area (Å²) in [7, 11) is 0. The van der Waals surface area contributed by atoms with Crippen LogP contribution in [0.15, 0.2) is 60.7 Å². The minimum Gasteiger partial charge on any atom is -0.371 e. The van der Waals surface area contributed by atoms with Crippen LogP contribution >= 0.6 is 0 Å². The van der Waals surface area contributed by atoms with Crippen LogP contribution in [0.4, 0.5) is 0 Å². The maximum Gasteiger partial charge on any atom is 0.0766 e. The molecule has 0 N–H and O–H groups in total. The van der Waals surface area contributed by atoms with E-state index in [0.29, 0.717) is 0 Å². The highest BCUT2D eigenvalue weighted by Crippen LogP contribution is 2.34. The zero-order chi connectivity index (χ0) is 15.3. The lowest BCUT2D eigenvalue weighted by molar-refractivity contribution is -0.0736. The molecule has 1 unspecified atom stereocenters. The average Bonchev–Trinajstić information content (AvgIpc) is 2.71. The Hall–Kier alpha value is -1.60. The number of rotatable bonds is 4. The van der Waals surface area contributed by atoms with E-state index in [0.717, 1.165) is 25.7 Å². The molecule has 1 aliphatic rings. The van der Waals surface area contributed by atoms with Crippen molar-refractivity contribution in [2.45, 2.75) is 50.2 Å². The first kappa shape index (κ1) is 15.3. The first-order valence-electron chi connectivity index (χ1n) is 8.35. The molecule has 0 amide bonds. The molecule has 0 saturated carbocycles. The Morgan fingerprint density at radius 3 is 1.95 bits per heavy atom. The van der Waals surface area contributed by atoms with Crippen LogP contribution in [0.3, 0.4) is 0 Å². The van der Waals surface area contributed by atoms with E-state index in [2.05, 4.69) is 67.6 Å². The van der Waals surface area contributed by atoms with Gasteiger partial charge >= 0.3 is 0 Å². The molecule has 2 aromatic carbocycles. The fraction of sp³-hybridized carbons (Fsp3) is 0.381. The van der Waals surface area contributed by atoms with E-state index in [1.165, 1.54) is 24.0 Å². The Balaban J connectivity index is 1.86. The second-order valence-electron chi connectivity index (χ2n) is 6.49. The summed E-state index contributed by atoms with van der Waals surface area (Å²) >= 11 is 0. The van der Waals surface area contributed by atoms with Gasteiger partial charge in [-0.1, -0.05) is 73.5 Å². The number of hydrogen-bond acceptors (Lipinski definition) is 1. The van der Waals surface area contributed by atoms with Crippen LogP contribution in [0.1, 0.15) is 36.8 Å². The topological polar surface area (TPSA) is 9.23 Å². The van der Waals surface area contributed by atoms with Crippen LogP contribution in [-0.2, 0) is 17.6 Å². The van der Waals surface area contributed by atoms with Crippen molar-refractivity contribution >= 4 is 0 Å². The van der Waals surface area contributed by atoms with Crippen LogP contribution in [-0.4, -0.2) is 11.7 Å². The fourth-order valence-electron chi connectivity index (χ4n) is 3.55. The molecule has 0 aliphatic carbocycles. The molecular weight excluding hydrogens is 268 g/mol. The predicted molar refractivity (Wildman–Crippen MR) is 91.7 cm³/mol. The second kappa shape index (κ2) is 7.11. The van der Waals surface area contributed by atoms with E-state index in [4.69, 9.17) is 4.74 Å². The largest absolute Gasteiger partial charge is 0.371 e. The van der Waals surface area contributed by atoms with E-state index >= 15 is 0 Å². The third-order valence-corrected chi connectivity index (χ3v) is 4.56. The van der Waals surface area contributed by atoms with Crippen LogP contribution in [0.5, 0.6) is 0 Å². The molecule has 1 atom stereocenters. The van der Waals surface area contributed by atoms with Crippen LogP contribution in [0.25, 0.3) is 0 Å². The first-order chi connectivity index (χ1) is 10.8. The number of ether oxygens (including phenoxy) is 1. The van der Waals surface area contributed by atoms with Gasteiger partial charge in [0, 0.05) is 12.8 Å². The molecule has 0 spiro atoms. The molecule has 2 aromatic rings. The quantitative estimate of drug-likeness (QED) is 0.770. The monoisotopic (exact) mass is 293 g/mol. The zero-order valence-electron chi connectivity index (χ0n) is 13.2. The molecule has 1 radical (unpaired) electrons. The number of benzene rings is 2. The van der Waals surface area contributed by atoms with Crippen molar-refractivity contribution in [1.29, 1.82) is 0 Å². The Bertz CT molecular complexity index is 519. The molecule has 0 aromatic heterocycles. The Kier molecular flexibility index (Phi) is 4.94. The summed E-state index contributed by atoms with van der Waals surface area (Å²) in [6, 6.07) is 21.4. The Labute approximate surface area is 134 Å². The maximum atomic E-state index is 6.50. The molecule has 1 fully saturated rings. The standard InChI is InChI=1S/C21H25O/c1-18-10-8-9-15-21(22-18,16-19-11-4-2-5-12-19)17-20-13-6-3-7-14-20/h2-7,11-14,18H,1,8-10,15-17H2. The van der Waals surface area contributed by atoms with Crippen molar-refractivity contribution in [3.05, 3.63) is 78.7 Å². The SMILES string of the molecule is [CH2]C1CCCCC(Cc2ccccc2)(Cc2ccccc2)O1. The van der Waals surface area contributed by atoms with Gasteiger partial charge in [0.1, 0.15) is 0 Å². The first-order valence-corrected chi connectivity index (χ1v) is 8.35. The minimum absolute atomic E-state index is 0.106. The number of hydrogen-bond donors (Lipinski definition) is 0. The van der Waals surface area contributed by atoms with Gasteiger partial charge in [0.25, 0.3) is 0 Å². The summed E-state index contributed by atoms with van der Waals surface area (Å²) in [5.74, 6) is 0. The summed E-state index contributed by atoms with van der Waals surface area (Å²) in [5.41, 5.74) is 2.59. The highest BCUT2D eigenvalue weighted by molar-refractivity contribution is 5.22. The summed E-state index contributed by atoms with van der Waals surface area (Å²) in [5, 5.41) is 0. The van der Waals surface area contributed by atoms with Gasteiger partial charge in [-0.15, -0.1) is 0 Å². The van der Waals surface area contributed by atoms with E-state index in [9.17, 15) is 0 Å². The van der Waals surface area contributed by atoms with Gasteiger partial charge in [-0.2, -0.15) is 0 Å². The highest BCUT2D eigenvalue weighted by atomic mass is 16.5. The fourth-order valence-corrected chi connectivity index (χ4v) is 3.55. The summed E-state index contributed by atoms with van der Waals surface area (Å²) in [4.78, 5) is 0. The van der Waals surface area contributed by atoms with Crippen molar-refractivity contribution in [3.63, 3.8) is 0 Å². The maximum absolute atomic E-state index is 6.50. The molecule has 1 saturated heterocycles. The molecule has 1 heterocycles. The van der Waals surface area contributed by atoms with Crippen LogP contribution < -0.4 is 0 Å². The second-order valence-corrected chi connectivity index (χ2v) is 6.49. The van der Waals surface area contributed by atoms with Crippen LogP contribution in [0, 0.1) is 6.92 Å². The highest BCUT2D eigenvalue weighted by Gasteiger charge is 2.34.